The predicted molar refractivity (Wildman–Crippen MR) is 30.9 cm³/mol. The number of hydrogen-bond acceptors (Lipinski definition) is 2. The highest BCUT2D eigenvalue weighted by atomic mass is 16.5. The molecule has 2 nitrogen and oxygen atoms in total. The summed E-state index contributed by atoms with van der Waals surface area (Å²) in [6.07, 6.45) is 2.60. The lowest BCUT2D eigenvalue weighted by atomic mass is 10.2. The summed E-state index contributed by atoms with van der Waals surface area (Å²) in [5.74, 6) is 0. The molecule has 0 aliphatic rings. The van der Waals surface area contributed by atoms with E-state index in [2.05, 4.69) is 6.92 Å². The Morgan fingerprint density at radius 1 is 1.25 bits per heavy atom. The van der Waals surface area contributed by atoms with Crippen molar-refractivity contribution >= 4 is 0 Å². The van der Waals surface area contributed by atoms with E-state index >= 15 is 0 Å². The maximum absolute atomic E-state index is 8.23. The van der Waals surface area contributed by atoms with Crippen molar-refractivity contribution in [2.45, 2.75) is 25.7 Å². The first kappa shape index (κ1) is 7.92. The van der Waals surface area contributed by atoms with Crippen LogP contribution in [0, 0.1) is 13.2 Å². The van der Waals surface area contributed by atoms with E-state index in [4.69, 9.17) is 10.2 Å². The highest BCUT2D eigenvalue weighted by Crippen LogP contribution is 2.04. The van der Waals surface area contributed by atoms with Crippen LogP contribution in [0.5, 0.6) is 0 Å². The van der Waals surface area contributed by atoms with Crippen molar-refractivity contribution in [1.82, 2.24) is 0 Å². The summed E-state index contributed by atoms with van der Waals surface area (Å²) in [7, 11) is 0. The first-order valence-electron chi connectivity index (χ1n) is 2.80. The molecule has 0 atom stereocenters. The van der Waals surface area contributed by atoms with Crippen LogP contribution in [0.15, 0.2) is 0 Å². The van der Waals surface area contributed by atoms with Crippen LogP contribution in [0.4, 0.5) is 0 Å². The Kier molecular flexibility index (Phi) is 5.01. The van der Waals surface area contributed by atoms with Gasteiger partial charge in [0.15, 0.2) is 0 Å². The molecule has 0 unspecified atom stereocenters. The molecular formula is C6H12O2. The molecule has 0 amide bonds. The molecule has 0 spiro atoms. The van der Waals surface area contributed by atoms with Crippen LogP contribution in [0.3, 0.4) is 0 Å². The lowest BCUT2D eigenvalue weighted by molar-refractivity contribution is 0.0706. The van der Waals surface area contributed by atoms with Crippen LogP contribution in [0.1, 0.15) is 25.7 Å². The summed E-state index contributed by atoms with van der Waals surface area (Å²) in [4.78, 5) is 0. The number of rotatable bonds is 4. The van der Waals surface area contributed by atoms with Gasteiger partial charge >= 0.3 is 0 Å². The standard InChI is InChI=1S/C6H12O2/c1-2-3-4-5-6(7)8/h7-8H,1-5H2. The Balaban J connectivity index is 2.72. The first-order valence-corrected chi connectivity index (χ1v) is 2.80. The van der Waals surface area contributed by atoms with Crippen LogP contribution in [-0.2, 0) is 0 Å². The maximum Gasteiger partial charge on any atom is 0.218 e. The van der Waals surface area contributed by atoms with Crippen molar-refractivity contribution in [1.29, 1.82) is 0 Å². The Morgan fingerprint density at radius 3 is 2.25 bits per heavy atom. The Hall–Kier alpha value is -0.0800. The van der Waals surface area contributed by atoms with Gasteiger partial charge in [0.2, 0.25) is 6.29 Å². The maximum atomic E-state index is 8.23. The molecule has 0 aromatic rings. The summed E-state index contributed by atoms with van der Waals surface area (Å²) in [5, 5.41) is 16.5. The monoisotopic (exact) mass is 116 g/mol. The second-order valence-electron chi connectivity index (χ2n) is 1.73. The van der Waals surface area contributed by atoms with Crippen LogP contribution >= 0.6 is 0 Å². The van der Waals surface area contributed by atoms with Gasteiger partial charge in [0.05, 0.1) is 0 Å². The van der Waals surface area contributed by atoms with Gasteiger partial charge in [-0.3, -0.25) is 0 Å². The highest BCUT2D eigenvalue weighted by molar-refractivity contribution is 4.56. The minimum absolute atomic E-state index is 0.398. The van der Waals surface area contributed by atoms with E-state index in [1.807, 2.05) is 0 Å². The lowest BCUT2D eigenvalue weighted by Gasteiger charge is -1.97. The van der Waals surface area contributed by atoms with Crippen molar-refractivity contribution in [3.8, 4) is 0 Å². The molecule has 0 aliphatic heterocycles. The third-order valence-electron chi connectivity index (χ3n) is 0.900. The normalized spacial score (nSPS) is 10.5. The van der Waals surface area contributed by atoms with E-state index in [0.29, 0.717) is 6.42 Å². The molecule has 2 radical (unpaired) electrons. The minimum atomic E-state index is -0.460. The van der Waals surface area contributed by atoms with Crippen molar-refractivity contribution < 1.29 is 10.2 Å². The zero-order valence-electron chi connectivity index (χ0n) is 4.93. The average molecular weight is 116 g/mol. The Labute approximate surface area is 50.2 Å². The summed E-state index contributed by atoms with van der Waals surface area (Å²) in [6.45, 7) is 3.61. The highest BCUT2D eigenvalue weighted by Gasteiger charge is 1.96. The van der Waals surface area contributed by atoms with Gasteiger partial charge in [-0.2, -0.15) is 0 Å². The van der Waals surface area contributed by atoms with E-state index in [-0.39, 0.29) is 0 Å². The van der Waals surface area contributed by atoms with Crippen LogP contribution in [-0.4, -0.2) is 10.2 Å². The topological polar surface area (TPSA) is 40.5 Å². The summed E-state index contributed by atoms with van der Waals surface area (Å²) >= 11 is 0. The summed E-state index contributed by atoms with van der Waals surface area (Å²) in [5.41, 5.74) is 0. The number of unbranched alkanes of at least 4 members (excludes halogenated alkanes) is 2. The van der Waals surface area contributed by atoms with E-state index in [0.717, 1.165) is 19.3 Å². The molecule has 0 heterocycles. The SMILES string of the molecule is [CH2]CCCC[C](O)O. The molecule has 0 saturated carbocycles. The fourth-order valence-corrected chi connectivity index (χ4v) is 0.460. The van der Waals surface area contributed by atoms with Gasteiger partial charge < -0.3 is 10.2 Å². The third kappa shape index (κ3) is 5.92. The van der Waals surface area contributed by atoms with E-state index in [9.17, 15) is 0 Å². The van der Waals surface area contributed by atoms with E-state index in [1.54, 1.807) is 0 Å². The predicted octanol–water partition coefficient (Wildman–Crippen LogP) is 1.62. The van der Waals surface area contributed by atoms with Crippen molar-refractivity contribution in [2.24, 2.45) is 0 Å². The quantitative estimate of drug-likeness (QED) is 0.548. The molecule has 0 fully saturated rings. The molecule has 0 aromatic heterocycles. The molecule has 0 bridgehead atoms. The van der Waals surface area contributed by atoms with Gasteiger partial charge in [-0.15, -0.1) is 0 Å². The average Bonchev–Trinajstić information content (AvgIpc) is 1.66. The zero-order chi connectivity index (χ0) is 6.41. The second-order valence-corrected chi connectivity index (χ2v) is 1.73. The molecular weight excluding hydrogens is 104 g/mol. The van der Waals surface area contributed by atoms with Gasteiger partial charge in [0.1, 0.15) is 0 Å². The molecule has 2 N–H and O–H groups in total. The second kappa shape index (κ2) is 5.06. The molecule has 0 aliphatic carbocycles. The van der Waals surface area contributed by atoms with Gasteiger partial charge in [0.25, 0.3) is 0 Å². The summed E-state index contributed by atoms with van der Waals surface area (Å²) in [6, 6.07) is 0. The number of aliphatic hydroxyl groups is 2. The van der Waals surface area contributed by atoms with Crippen molar-refractivity contribution in [3.63, 3.8) is 0 Å². The van der Waals surface area contributed by atoms with Crippen molar-refractivity contribution in [2.75, 3.05) is 0 Å². The van der Waals surface area contributed by atoms with Crippen molar-refractivity contribution in [3.05, 3.63) is 13.2 Å². The van der Waals surface area contributed by atoms with E-state index < -0.39 is 6.29 Å². The van der Waals surface area contributed by atoms with Gasteiger partial charge in [0, 0.05) is 6.42 Å². The number of aliphatic hydroxyl groups excluding tert-OH is 1. The fourth-order valence-electron chi connectivity index (χ4n) is 0.460. The Bertz CT molecular complexity index is 43.8. The summed E-state index contributed by atoms with van der Waals surface area (Å²) < 4.78 is 0. The van der Waals surface area contributed by atoms with Crippen LogP contribution in [0.25, 0.3) is 0 Å². The largest absolute Gasteiger partial charge is 0.361 e. The fraction of sp³-hybridized carbons (Fsp3) is 0.667. The van der Waals surface area contributed by atoms with Crippen LogP contribution < -0.4 is 0 Å². The molecule has 48 valence electrons. The van der Waals surface area contributed by atoms with Gasteiger partial charge in [-0.1, -0.05) is 19.8 Å². The van der Waals surface area contributed by atoms with E-state index in [1.165, 1.54) is 0 Å². The minimum Gasteiger partial charge on any atom is -0.361 e. The van der Waals surface area contributed by atoms with Crippen LogP contribution in [0.2, 0.25) is 0 Å². The van der Waals surface area contributed by atoms with Gasteiger partial charge in [-0.25, -0.2) is 0 Å². The molecule has 2 heteroatoms. The smallest absolute Gasteiger partial charge is 0.218 e. The number of hydrogen-bond donors (Lipinski definition) is 2. The Morgan fingerprint density at radius 2 is 1.88 bits per heavy atom. The van der Waals surface area contributed by atoms with Gasteiger partial charge in [-0.05, 0) is 6.42 Å². The first-order chi connectivity index (χ1) is 3.77. The third-order valence-corrected chi connectivity index (χ3v) is 0.900. The molecule has 8 heavy (non-hydrogen) atoms. The molecule has 0 saturated heterocycles. The lowest BCUT2D eigenvalue weighted by Crippen LogP contribution is -1.91. The molecule has 0 aromatic carbocycles. The zero-order valence-corrected chi connectivity index (χ0v) is 4.93. The molecule has 0 rings (SSSR count).